The molecule has 1 rings (SSSR count). The second kappa shape index (κ2) is 10.3. The van der Waals surface area contributed by atoms with Crippen LogP contribution >= 0.6 is 0 Å². The third-order valence-electron chi connectivity index (χ3n) is 6.24. The summed E-state index contributed by atoms with van der Waals surface area (Å²) in [6.45, 7) is 18.3. The van der Waals surface area contributed by atoms with Gasteiger partial charge in [0.05, 0.1) is 6.04 Å². The molecule has 0 saturated heterocycles. The molecule has 0 aliphatic heterocycles. The third-order valence-corrected chi connectivity index (χ3v) is 6.24. The predicted octanol–water partition coefficient (Wildman–Crippen LogP) is 4.84. The lowest BCUT2D eigenvalue weighted by molar-refractivity contribution is -0.137. The lowest BCUT2D eigenvalue weighted by Crippen LogP contribution is -2.55. The summed E-state index contributed by atoms with van der Waals surface area (Å²) in [6.07, 6.45) is 6.47. The minimum Gasteiger partial charge on any atom is -0.478 e. The summed E-state index contributed by atoms with van der Waals surface area (Å²) >= 11 is 0. The SMILES string of the molecule is C=C(N[C@H](C(=O)N(C)[C@H](/C=C(\C)C(=O)O)C(C)C)C(C)(C)C)C1CCCCC1C. The van der Waals surface area contributed by atoms with E-state index in [2.05, 4.69) is 39.6 Å². The molecule has 0 aromatic heterocycles. The van der Waals surface area contributed by atoms with Gasteiger partial charge in [0.15, 0.2) is 0 Å². The largest absolute Gasteiger partial charge is 0.478 e. The Morgan fingerprint density at radius 2 is 1.76 bits per heavy atom. The first-order valence-corrected chi connectivity index (χ1v) is 10.9. The Kier molecular flexibility index (Phi) is 8.98. The molecule has 0 bridgehead atoms. The molecule has 0 heterocycles. The van der Waals surface area contributed by atoms with Gasteiger partial charge in [0.25, 0.3) is 0 Å². The molecule has 2 unspecified atom stereocenters. The molecular formula is C24H42N2O3. The molecule has 5 nitrogen and oxygen atoms in total. The fourth-order valence-corrected chi connectivity index (χ4v) is 4.20. The summed E-state index contributed by atoms with van der Waals surface area (Å²) in [5.41, 5.74) is 0.903. The Morgan fingerprint density at radius 1 is 1.21 bits per heavy atom. The van der Waals surface area contributed by atoms with Crippen molar-refractivity contribution < 1.29 is 14.7 Å². The van der Waals surface area contributed by atoms with E-state index in [1.165, 1.54) is 19.3 Å². The quantitative estimate of drug-likeness (QED) is 0.566. The molecule has 166 valence electrons. The van der Waals surface area contributed by atoms with Crippen LogP contribution in [-0.2, 0) is 9.59 Å². The maximum Gasteiger partial charge on any atom is 0.331 e. The van der Waals surface area contributed by atoms with Crippen LogP contribution in [0.1, 0.15) is 74.1 Å². The summed E-state index contributed by atoms with van der Waals surface area (Å²) in [5, 5.41) is 12.7. The monoisotopic (exact) mass is 406 g/mol. The number of carboxylic acid groups (broad SMARTS) is 1. The van der Waals surface area contributed by atoms with Crippen LogP contribution < -0.4 is 5.32 Å². The molecule has 0 radical (unpaired) electrons. The first-order chi connectivity index (χ1) is 13.3. The van der Waals surface area contributed by atoms with E-state index in [9.17, 15) is 14.7 Å². The number of likely N-dealkylation sites (N-methyl/N-ethyl adjacent to an activating group) is 1. The number of rotatable bonds is 8. The van der Waals surface area contributed by atoms with Gasteiger partial charge < -0.3 is 15.3 Å². The Morgan fingerprint density at radius 3 is 2.21 bits per heavy atom. The zero-order valence-electron chi connectivity index (χ0n) is 19.7. The zero-order chi connectivity index (χ0) is 22.5. The lowest BCUT2D eigenvalue weighted by Gasteiger charge is -2.40. The number of hydrogen-bond donors (Lipinski definition) is 2. The van der Waals surface area contributed by atoms with Crippen LogP contribution in [0.25, 0.3) is 0 Å². The molecular weight excluding hydrogens is 364 g/mol. The lowest BCUT2D eigenvalue weighted by atomic mass is 9.77. The van der Waals surface area contributed by atoms with Crippen molar-refractivity contribution in [3.05, 3.63) is 23.9 Å². The molecule has 5 heteroatoms. The van der Waals surface area contributed by atoms with E-state index in [1.54, 1.807) is 24.9 Å². The maximum absolute atomic E-state index is 13.5. The Labute approximate surface area is 177 Å². The fraction of sp³-hybridized carbons (Fsp3) is 0.750. The maximum atomic E-state index is 13.5. The van der Waals surface area contributed by atoms with Crippen LogP contribution in [0.5, 0.6) is 0 Å². The van der Waals surface area contributed by atoms with Gasteiger partial charge >= 0.3 is 5.97 Å². The van der Waals surface area contributed by atoms with E-state index in [0.717, 1.165) is 12.1 Å². The van der Waals surface area contributed by atoms with Crippen molar-refractivity contribution in [1.29, 1.82) is 0 Å². The van der Waals surface area contributed by atoms with Crippen LogP contribution in [-0.4, -0.2) is 41.0 Å². The van der Waals surface area contributed by atoms with Gasteiger partial charge in [-0.05, 0) is 30.6 Å². The number of aliphatic carboxylic acids is 1. The van der Waals surface area contributed by atoms with Crippen molar-refractivity contribution in [1.82, 2.24) is 10.2 Å². The van der Waals surface area contributed by atoms with E-state index >= 15 is 0 Å². The number of nitrogens with one attached hydrogen (secondary N) is 1. The van der Waals surface area contributed by atoms with E-state index in [1.807, 2.05) is 13.8 Å². The number of carboxylic acids is 1. The molecule has 1 aliphatic rings. The molecule has 1 amide bonds. The van der Waals surface area contributed by atoms with Crippen LogP contribution in [0.3, 0.4) is 0 Å². The highest BCUT2D eigenvalue weighted by Gasteiger charge is 2.37. The minimum absolute atomic E-state index is 0.0322. The second-order valence-electron chi connectivity index (χ2n) is 10.2. The number of allylic oxidation sites excluding steroid dienone is 1. The van der Waals surface area contributed by atoms with Crippen LogP contribution in [0, 0.1) is 23.2 Å². The van der Waals surface area contributed by atoms with E-state index in [0.29, 0.717) is 11.8 Å². The molecule has 0 aromatic rings. The first kappa shape index (κ1) is 25.3. The predicted molar refractivity (Wildman–Crippen MR) is 119 cm³/mol. The summed E-state index contributed by atoms with van der Waals surface area (Å²) in [5.74, 6) is 0.0702. The summed E-state index contributed by atoms with van der Waals surface area (Å²) in [7, 11) is 1.77. The average Bonchev–Trinajstić information content (AvgIpc) is 2.61. The standard InChI is InChI=1S/C24H42N2O3/c1-15(2)20(14-17(4)23(28)29)26(9)22(27)21(24(6,7)8)25-18(5)19-13-11-10-12-16(19)3/h14-16,19-21,25H,5,10-13H2,1-4,6-9H3,(H,28,29)/b17-14+/t16?,19?,20-,21-/m1/s1. The van der Waals surface area contributed by atoms with Gasteiger partial charge in [-0.25, -0.2) is 4.79 Å². The van der Waals surface area contributed by atoms with Gasteiger partial charge in [0.1, 0.15) is 6.04 Å². The average molecular weight is 407 g/mol. The Bertz CT molecular complexity index is 631. The normalized spacial score (nSPS) is 22.7. The van der Waals surface area contributed by atoms with Crippen molar-refractivity contribution in [2.75, 3.05) is 7.05 Å². The first-order valence-electron chi connectivity index (χ1n) is 10.9. The highest BCUT2D eigenvalue weighted by Crippen LogP contribution is 2.34. The molecule has 29 heavy (non-hydrogen) atoms. The van der Waals surface area contributed by atoms with Crippen molar-refractivity contribution in [3.63, 3.8) is 0 Å². The van der Waals surface area contributed by atoms with E-state index < -0.39 is 12.0 Å². The van der Waals surface area contributed by atoms with Gasteiger partial charge in [-0.2, -0.15) is 0 Å². The highest BCUT2D eigenvalue weighted by molar-refractivity contribution is 5.87. The number of nitrogens with zero attached hydrogens (tertiary/aromatic N) is 1. The van der Waals surface area contributed by atoms with Gasteiger partial charge in [-0.15, -0.1) is 0 Å². The molecule has 1 fully saturated rings. The van der Waals surface area contributed by atoms with Crippen LogP contribution in [0.15, 0.2) is 23.9 Å². The Balaban J connectivity index is 3.10. The highest BCUT2D eigenvalue weighted by atomic mass is 16.4. The summed E-state index contributed by atoms with van der Waals surface area (Å²) in [4.78, 5) is 26.5. The van der Waals surface area contributed by atoms with Gasteiger partial charge in [-0.3, -0.25) is 4.79 Å². The second-order valence-corrected chi connectivity index (χ2v) is 10.2. The number of carbonyl (C=O) groups is 2. The van der Waals surface area contributed by atoms with Crippen molar-refractivity contribution in [2.45, 2.75) is 86.2 Å². The van der Waals surface area contributed by atoms with Gasteiger partial charge in [0, 0.05) is 24.2 Å². The number of carbonyl (C=O) groups excluding carboxylic acids is 1. The van der Waals surface area contributed by atoms with Crippen molar-refractivity contribution in [2.24, 2.45) is 23.2 Å². The molecule has 0 aromatic carbocycles. The van der Waals surface area contributed by atoms with Crippen molar-refractivity contribution in [3.8, 4) is 0 Å². The molecule has 1 saturated carbocycles. The number of amides is 1. The number of hydrogen-bond acceptors (Lipinski definition) is 3. The van der Waals surface area contributed by atoms with Crippen molar-refractivity contribution >= 4 is 11.9 Å². The minimum atomic E-state index is -0.957. The molecule has 0 spiro atoms. The third kappa shape index (κ3) is 6.90. The van der Waals surface area contributed by atoms with Crippen LogP contribution in [0.2, 0.25) is 0 Å². The van der Waals surface area contributed by atoms with E-state index in [-0.39, 0.29) is 28.9 Å². The smallest absolute Gasteiger partial charge is 0.331 e. The van der Waals surface area contributed by atoms with Crippen LogP contribution in [0.4, 0.5) is 0 Å². The van der Waals surface area contributed by atoms with Gasteiger partial charge in [-0.1, -0.05) is 73.5 Å². The summed E-state index contributed by atoms with van der Waals surface area (Å²) in [6, 6.07) is -0.707. The van der Waals surface area contributed by atoms with Gasteiger partial charge in [0.2, 0.25) is 5.91 Å². The topological polar surface area (TPSA) is 69.6 Å². The van der Waals surface area contributed by atoms with E-state index in [4.69, 9.17) is 0 Å². The Hall–Kier alpha value is -1.78. The molecule has 1 aliphatic carbocycles. The summed E-state index contributed by atoms with van der Waals surface area (Å²) < 4.78 is 0. The zero-order valence-corrected chi connectivity index (χ0v) is 19.7. The fourth-order valence-electron chi connectivity index (χ4n) is 4.20. The molecule has 2 N–H and O–H groups in total. The molecule has 4 atom stereocenters.